The largest absolute Gasteiger partial charge is 0.416 e. The zero-order chi connectivity index (χ0) is 22.2. The third kappa shape index (κ3) is 4.42. The van der Waals surface area contributed by atoms with E-state index in [0.29, 0.717) is 22.0 Å². The fourth-order valence-corrected chi connectivity index (χ4v) is 3.43. The van der Waals surface area contributed by atoms with Gasteiger partial charge in [-0.15, -0.1) is 5.10 Å². The van der Waals surface area contributed by atoms with E-state index >= 15 is 0 Å². The molecule has 0 saturated heterocycles. The van der Waals surface area contributed by atoms with E-state index in [4.69, 9.17) is 11.6 Å². The van der Waals surface area contributed by atoms with Crippen molar-refractivity contribution in [1.29, 1.82) is 0 Å². The highest BCUT2D eigenvalue weighted by Gasteiger charge is 2.31. The molecule has 0 atom stereocenters. The highest BCUT2D eigenvalue weighted by atomic mass is 35.5. The van der Waals surface area contributed by atoms with Gasteiger partial charge in [0, 0.05) is 22.1 Å². The third-order valence-electron chi connectivity index (χ3n) is 4.28. The van der Waals surface area contributed by atoms with Gasteiger partial charge in [0.15, 0.2) is 11.5 Å². The standard InChI is InChI=1S/C19H12ClF3N6OS/c1-10-15(26-28-29(10)14-4-2-3-12(9-14)19(21,22)23)16-24-18(31-27-16)25-17(30)11-5-7-13(20)8-6-11/h2-9H,1H3,(H,24,25,27,30). The number of carbonyl (C=O) groups excluding carboxylic acids is 1. The second kappa shape index (κ2) is 8.08. The first-order valence-corrected chi connectivity index (χ1v) is 9.88. The quantitative estimate of drug-likeness (QED) is 0.458. The first-order chi connectivity index (χ1) is 14.7. The summed E-state index contributed by atoms with van der Waals surface area (Å²) in [4.78, 5) is 16.5. The van der Waals surface area contributed by atoms with Crippen molar-refractivity contribution in [1.82, 2.24) is 24.4 Å². The summed E-state index contributed by atoms with van der Waals surface area (Å²) in [5, 5.41) is 11.3. The van der Waals surface area contributed by atoms with Crippen molar-refractivity contribution in [2.24, 2.45) is 0 Å². The fourth-order valence-electron chi connectivity index (χ4n) is 2.74. The smallest absolute Gasteiger partial charge is 0.297 e. The summed E-state index contributed by atoms with van der Waals surface area (Å²) in [7, 11) is 0. The number of halogens is 4. The van der Waals surface area contributed by atoms with Gasteiger partial charge in [-0.2, -0.15) is 22.5 Å². The highest BCUT2D eigenvalue weighted by molar-refractivity contribution is 7.10. The maximum Gasteiger partial charge on any atom is 0.416 e. The number of benzene rings is 2. The Bertz CT molecular complexity index is 1250. The van der Waals surface area contributed by atoms with Crippen molar-refractivity contribution in [3.63, 3.8) is 0 Å². The minimum atomic E-state index is -4.47. The lowest BCUT2D eigenvalue weighted by molar-refractivity contribution is -0.137. The molecular formula is C19H12ClF3N6OS. The second-order valence-electron chi connectivity index (χ2n) is 6.37. The monoisotopic (exact) mass is 464 g/mol. The van der Waals surface area contributed by atoms with Gasteiger partial charge in [-0.05, 0) is 49.4 Å². The van der Waals surface area contributed by atoms with E-state index < -0.39 is 11.7 Å². The molecule has 0 radical (unpaired) electrons. The predicted molar refractivity (Wildman–Crippen MR) is 109 cm³/mol. The Kier molecular flexibility index (Phi) is 5.46. The van der Waals surface area contributed by atoms with Crippen LogP contribution in [0.25, 0.3) is 17.2 Å². The zero-order valence-corrected chi connectivity index (χ0v) is 17.3. The van der Waals surface area contributed by atoms with Crippen LogP contribution < -0.4 is 5.32 Å². The van der Waals surface area contributed by atoms with Crippen LogP contribution in [-0.4, -0.2) is 30.3 Å². The second-order valence-corrected chi connectivity index (χ2v) is 7.56. The number of nitrogens with one attached hydrogen (secondary N) is 1. The van der Waals surface area contributed by atoms with E-state index in [1.54, 1.807) is 31.2 Å². The van der Waals surface area contributed by atoms with Crippen LogP contribution in [-0.2, 0) is 6.18 Å². The summed E-state index contributed by atoms with van der Waals surface area (Å²) in [6, 6.07) is 11.1. The number of anilines is 1. The van der Waals surface area contributed by atoms with Gasteiger partial charge in [-0.3, -0.25) is 10.1 Å². The van der Waals surface area contributed by atoms with Crippen molar-refractivity contribution < 1.29 is 18.0 Å². The molecule has 4 aromatic rings. The van der Waals surface area contributed by atoms with Gasteiger partial charge < -0.3 is 0 Å². The molecule has 12 heteroatoms. The molecule has 2 aromatic heterocycles. The number of aromatic nitrogens is 5. The average Bonchev–Trinajstić information content (AvgIpc) is 3.34. The SMILES string of the molecule is Cc1c(-c2nsc(NC(=O)c3ccc(Cl)cc3)n2)nnn1-c1cccc(C(F)(F)F)c1. The number of rotatable bonds is 4. The summed E-state index contributed by atoms with van der Waals surface area (Å²) in [6.45, 7) is 1.64. The van der Waals surface area contributed by atoms with Crippen molar-refractivity contribution in [2.45, 2.75) is 13.1 Å². The van der Waals surface area contributed by atoms with Crippen LogP contribution >= 0.6 is 23.1 Å². The van der Waals surface area contributed by atoms with Crippen LogP contribution in [0.3, 0.4) is 0 Å². The normalized spacial score (nSPS) is 11.5. The van der Waals surface area contributed by atoms with Crippen LogP contribution in [0, 0.1) is 6.92 Å². The molecule has 0 spiro atoms. The minimum Gasteiger partial charge on any atom is -0.297 e. The molecule has 0 aliphatic heterocycles. The van der Waals surface area contributed by atoms with E-state index in [9.17, 15) is 18.0 Å². The van der Waals surface area contributed by atoms with Crippen molar-refractivity contribution >= 4 is 34.2 Å². The Balaban J connectivity index is 1.57. The molecular weight excluding hydrogens is 453 g/mol. The molecule has 0 bridgehead atoms. The lowest BCUT2D eigenvalue weighted by atomic mass is 10.2. The molecule has 158 valence electrons. The number of hydrogen-bond donors (Lipinski definition) is 1. The van der Waals surface area contributed by atoms with E-state index in [-0.39, 0.29) is 22.6 Å². The maximum absolute atomic E-state index is 13.0. The molecule has 7 nitrogen and oxygen atoms in total. The van der Waals surface area contributed by atoms with Gasteiger partial charge in [0.1, 0.15) is 0 Å². The molecule has 0 saturated carbocycles. The van der Waals surface area contributed by atoms with Crippen LogP contribution in [0.1, 0.15) is 21.6 Å². The minimum absolute atomic E-state index is 0.201. The molecule has 1 amide bonds. The predicted octanol–water partition coefficient (Wildman–Crippen LogP) is 5.02. The van der Waals surface area contributed by atoms with E-state index in [1.807, 2.05) is 0 Å². The topological polar surface area (TPSA) is 85.6 Å². The van der Waals surface area contributed by atoms with Gasteiger partial charge >= 0.3 is 6.18 Å². The molecule has 0 aliphatic rings. The van der Waals surface area contributed by atoms with Crippen molar-refractivity contribution in [2.75, 3.05) is 5.32 Å². The summed E-state index contributed by atoms with van der Waals surface area (Å²) in [5.74, 6) is -0.184. The van der Waals surface area contributed by atoms with Crippen molar-refractivity contribution in [3.05, 3.63) is 70.4 Å². The third-order valence-corrected chi connectivity index (χ3v) is 5.16. The van der Waals surface area contributed by atoms with Gasteiger partial charge in [-0.1, -0.05) is 22.9 Å². The Morgan fingerprint density at radius 2 is 1.90 bits per heavy atom. The number of carbonyl (C=O) groups is 1. The lowest BCUT2D eigenvalue weighted by Crippen LogP contribution is -2.11. The summed E-state index contributed by atoms with van der Waals surface area (Å²) < 4.78 is 44.4. The lowest BCUT2D eigenvalue weighted by Gasteiger charge is -2.09. The summed E-state index contributed by atoms with van der Waals surface area (Å²) in [6.07, 6.45) is -4.47. The number of amides is 1. The summed E-state index contributed by atoms with van der Waals surface area (Å²) in [5.41, 5.74) is 0.555. The first-order valence-electron chi connectivity index (χ1n) is 8.73. The summed E-state index contributed by atoms with van der Waals surface area (Å²) >= 11 is 6.76. The Morgan fingerprint density at radius 1 is 1.16 bits per heavy atom. The van der Waals surface area contributed by atoms with Crippen LogP contribution in [0.4, 0.5) is 18.3 Å². The Morgan fingerprint density at radius 3 is 2.61 bits per heavy atom. The molecule has 0 unspecified atom stereocenters. The Labute approximate surface area is 182 Å². The molecule has 31 heavy (non-hydrogen) atoms. The number of nitrogens with zero attached hydrogens (tertiary/aromatic N) is 5. The highest BCUT2D eigenvalue weighted by Crippen LogP contribution is 2.31. The maximum atomic E-state index is 13.0. The van der Waals surface area contributed by atoms with Crippen molar-refractivity contribution in [3.8, 4) is 17.2 Å². The molecule has 4 rings (SSSR count). The van der Waals surface area contributed by atoms with Gasteiger partial charge in [0.2, 0.25) is 5.13 Å². The molecule has 0 fully saturated rings. The van der Waals surface area contributed by atoms with E-state index in [2.05, 4.69) is 25.0 Å². The molecule has 1 N–H and O–H groups in total. The van der Waals surface area contributed by atoms with Gasteiger partial charge in [-0.25, -0.2) is 4.68 Å². The molecule has 2 aromatic carbocycles. The molecule has 0 aliphatic carbocycles. The van der Waals surface area contributed by atoms with Crippen LogP contribution in [0.2, 0.25) is 5.02 Å². The van der Waals surface area contributed by atoms with Gasteiger partial charge in [0.05, 0.1) is 16.9 Å². The zero-order valence-electron chi connectivity index (χ0n) is 15.7. The Hall–Kier alpha value is -3.31. The molecule has 2 heterocycles. The fraction of sp³-hybridized carbons (Fsp3) is 0.105. The van der Waals surface area contributed by atoms with E-state index in [1.165, 1.54) is 16.8 Å². The number of hydrogen-bond acceptors (Lipinski definition) is 6. The van der Waals surface area contributed by atoms with Crippen LogP contribution in [0.15, 0.2) is 48.5 Å². The number of alkyl halides is 3. The van der Waals surface area contributed by atoms with E-state index in [0.717, 1.165) is 23.7 Å². The van der Waals surface area contributed by atoms with Gasteiger partial charge in [0.25, 0.3) is 5.91 Å². The average molecular weight is 465 g/mol. The van der Waals surface area contributed by atoms with Crippen LogP contribution in [0.5, 0.6) is 0 Å². The first kappa shape index (κ1) is 20.9.